The third-order valence-electron chi connectivity index (χ3n) is 3.48. The fourth-order valence-electron chi connectivity index (χ4n) is 2.27. The van der Waals surface area contributed by atoms with Crippen molar-refractivity contribution >= 4 is 29.4 Å². The Balaban J connectivity index is 2.06. The summed E-state index contributed by atoms with van der Waals surface area (Å²) >= 11 is 0.830. The number of fused-ring (bicyclic) bond motifs is 1. The molecular formula is C17H10F5NO2S. The van der Waals surface area contributed by atoms with Crippen LogP contribution in [0.4, 0.5) is 27.6 Å². The van der Waals surface area contributed by atoms with E-state index in [1.165, 1.54) is 0 Å². The van der Waals surface area contributed by atoms with Crippen molar-refractivity contribution in [3.63, 3.8) is 0 Å². The maximum absolute atomic E-state index is 13.8. The summed E-state index contributed by atoms with van der Waals surface area (Å²) in [4.78, 5) is 12.4. The number of amides is 1. The van der Waals surface area contributed by atoms with Crippen LogP contribution in [0, 0.1) is 29.1 Å². The number of carbonyl (C=O) groups excluding carboxylic acids is 1. The lowest BCUT2D eigenvalue weighted by Crippen LogP contribution is -2.17. The quantitative estimate of drug-likeness (QED) is 0.354. The molecule has 0 aromatic heterocycles. The molecule has 0 saturated heterocycles. The second-order valence-electron chi connectivity index (χ2n) is 5.14. The Hall–Kier alpha value is -2.55. The average molecular weight is 387 g/mol. The lowest BCUT2D eigenvalue weighted by molar-refractivity contribution is -0.112. The second kappa shape index (κ2) is 6.99. The Kier molecular flexibility index (Phi) is 4.90. The second-order valence-corrected chi connectivity index (χ2v) is 6.22. The number of anilines is 1. The maximum Gasteiger partial charge on any atom is 0.262 e. The van der Waals surface area contributed by atoms with Crippen molar-refractivity contribution in [1.29, 1.82) is 0 Å². The minimum atomic E-state index is -2.25. The van der Waals surface area contributed by atoms with Crippen LogP contribution in [0.15, 0.2) is 28.0 Å². The first-order chi connectivity index (χ1) is 12.3. The summed E-state index contributed by atoms with van der Waals surface area (Å²) in [7, 11) is 0. The van der Waals surface area contributed by atoms with Gasteiger partial charge in [0.2, 0.25) is 5.82 Å². The molecule has 1 aliphatic rings. The summed E-state index contributed by atoms with van der Waals surface area (Å²) in [5.74, 6) is -10.6. The standard InChI is InChI=1S/C17H10F5NO2S/c1-2-25-7-3-4-9-10(5-7)26-11(17(24)23-9)6-8-12(18)14(20)16(22)15(21)13(8)19/h3-6H,2H2,1H3,(H,23,24)/b11-6-. The van der Waals surface area contributed by atoms with E-state index < -0.39 is 40.6 Å². The molecule has 3 nitrogen and oxygen atoms in total. The molecule has 0 bridgehead atoms. The van der Waals surface area contributed by atoms with Crippen molar-refractivity contribution < 1.29 is 31.5 Å². The summed E-state index contributed by atoms with van der Waals surface area (Å²) < 4.78 is 72.7. The highest BCUT2D eigenvalue weighted by Crippen LogP contribution is 2.41. The van der Waals surface area contributed by atoms with E-state index in [9.17, 15) is 26.7 Å². The zero-order valence-electron chi connectivity index (χ0n) is 13.1. The molecule has 136 valence electrons. The van der Waals surface area contributed by atoms with Crippen molar-refractivity contribution in [3.8, 4) is 5.75 Å². The molecule has 1 N–H and O–H groups in total. The van der Waals surface area contributed by atoms with Gasteiger partial charge in [-0.1, -0.05) is 11.8 Å². The molecule has 0 atom stereocenters. The number of carbonyl (C=O) groups is 1. The van der Waals surface area contributed by atoms with Crippen molar-refractivity contribution in [2.75, 3.05) is 11.9 Å². The monoisotopic (exact) mass is 387 g/mol. The van der Waals surface area contributed by atoms with Crippen LogP contribution >= 0.6 is 11.8 Å². The first-order valence-corrected chi connectivity index (χ1v) is 8.14. The van der Waals surface area contributed by atoms with E-state index in [1.807, 2.05) is 0 Å². The van der Waals surface area contributed by atoms with E-state index in [-0.39, 0.29) is 4.91 Å². The highest BCUT2D eigenvalue weighted by atomic mass is 32.2. The van der Waals surface area contributed by atoms with Gasteiger partial charge in [-0.05, 0) is 31.2 Å². The van der Waals surface area contributed by atoms with Gasteiger partial charge in [0.1, 0.15) is 5.75 Å². The Morgan fingerprint density at radius 3 is 2.27 bits per heavy atom. The molecule has 0 spiro atoms. The lowest BCUT2D eigenvalue weighted by Gasteiger charge is -2.19. The smallest absolute Gasteiger partial charge is 0.262 e. The minimum absolute atomic E-state index is 0.227. The van der Waals surface area contributed by atoms with Crippen LogP contribution in [-0.2, 0) is 4.79 Å². The van der Waals surface area contributed by atoms with Gasteiger partial charge in [-0.3, -0.25) is 4.79 Å². The van der Waals surface area contributed by atoms with Gasteiger partial charge < -0.3 is 10.1 Å². The molecule has 0 radical (unpaired) electrons. The number of hydrogen-bond donors (Lipinski definition) is 1. The average Bonchev–Trinajstić information content (AvgIpc) is 2.62. The predicted octanol–water partition coefficient (Wildman–Crippen LogP) is 4.87. The van der Waals surface area contributed by atoms with Gasteiger partial charge >= 0.3 is 0 Å². The molecule has 0 unspecified atom stereocenters. The van der Waals surface area contributed by atoms with E-state index in [4.69, 9.17) is 4.74 Å². The number of benzene rings is 2. The maximum atomic E-state index is 13.8. The summed E-state index contributed by atoms with van der Waals surface area (Å²) in [6.07, 6.45) is 0.632. The van der Waals surface area contributed by atoms with Crippen LogP contribution in [0.3, 0.4) is 0 Å². The largest absolute Gasteiger partial charge is 0.494 e. The third kappa shape index (κ3) is 3.14. The van der Waals surface area contributed by atoms with Gasteiger partial charge in [0.15, 0.2) is 23.3 Å². The van der Waals surface area contributed by atoms with Crippen LogP contribution in [0.2, 0.25) is 0 Å². The molecule has 2 aromatic carbocycles. The minimum Gasteiger partial charge on any atom is -0.494 e. The Morgan fingerprint density at radius 1 is 1.04 bits per heavy atom. The summed E-state index contributed by atoms with van der Waals surface area (Å²) in [5, 5.41) is 2.49. The number of ether oxygens (including phenoxy) is 1. The van der Waals surface area contributed by atoms with E-state index in [1.54, 1.807) is 25.1 Å². The van der Waals surface area contributed by atoms with Gasteiger partial charge in [0.05, 0.1) is 22.8 Å². The van der Waals surface area contributed by atoms with Crippen LogP contribution in [0.5, 0.6) is 5.75 Å². The number of hydrogen-bond acceptors (Lipinski definition) is 3. The number of rotatable bonds is 3. The van der Waals surface area contributed by atoms with Crippen molar-refractivity contribution in [3.05, 3.63) is 57.8 Å². The molecule has 0 saturated carbocycles. The topological polar surface area (TPSA) is 38.3 Å². The van der Waals surface area contributed by atoms with E-state index >= 15 is 0 Å². The third-order valence-corrected chi connectivity index (χ3v) is 4.56. The Bertz CT molecular complexity index is 916. The zero-order chi connectivity index (χ0) is 19.0. The van der Waals surface area contributed by atoms with Gasteiger partial charge in [-0.2, -0.15) is 0 Å². The summed E-state index contributed by atoms with van der Waals surface area (Å²) in [6, 6.07) is 4.80. The fraction of sp³-hybridized carbons (Fsp3) is 0.118. The van der Waals surface area contributed by atoms with E-state index in [2.05, 4.69) is 5.32 Å². The molecule has 1 amide bonds. The molecule has 0 aliphatic carbocycles. The van der Waals surface area contributed by atoms with E-state index in [0.717, 1.165) is 11.8 Å². The van der Waals surface area contributed by atoms with Gasteiger partial charge in [-0.15, -0.1) is 0 Å². The molecule has 0 fully saturated rings. The fourth-order valence-corrected chi connectivity index (χ4v) is 3.23. The molecule has 26 heavy (non-hydrogen) atoms. The first-order valence-electron chi connectivity index (χ1n) is 7.32. The zero-order valence-corrected chi connectivity index (χ0v) is 13.9. The summed E-state index contributed by atoms with van der Waals surface area (Å²) in [5.41, 5.74) is -0.735. The molecule has 1 heterocycles. The lowest BCUT2D eigenvalue weighted by atomic mass is 10.1. The molecule has 1 aliphatic heterocycles. The molecule has 9 heteroatoms. The number of nitrogens with one attached hydrogen (secondary N) is 1. The highest BCUT2D eigenvalue weighted by molar-refractivity contribution is 8.04. The highest BCUT2D eigenvalue weighted by Gasteiger charge is 2.27. The van der Waals surface area contributed by atoms with Crippen molar-refractivity contribution in [2.45, 2.75) is 11.8 Å². The predicted molar refractivity (Wildman–Crippen MR) is 86.3 cm³/mol. The van der Waals surface area contributed by atoms with Gasteiger partial charge in [0.25, 0.3) is 5.91 Å². The molecule has 3 rings (SSSR count). The Labute approximate surface area is 148 Å². The molecular weight excluding hydrogens is 377 g/mol. The van der Waals surface area contributed by atoms with Crippen molar-refractivity contribution in [2.24, 2.45) is 0 Å². The van der Waals surface area contributed by atoms with Gasteiger partial charge in [0, 0.05) is 4.90 Å². The van der Waals surface area contributed by atoms with Crippen LogP contribution in [0.1, 0.15) is 12.5 Å². The SMILES string of the molecule is CCOc1ccc2c(c1)S/C(=C\c1c(F)c(F)c(F)c(F)c1F)C(=O)N2. The van der Waals surface area contributed by atoms with Crippen molar-refractivity contribution in [1.82, 2.24) is 0 Å². The Morgan fingerprint density at radius 2 is 1.65 bits per heavy atom. The first kappa shape index (κ1) is 18.2. The number of thioether (sulfide) groups is 1. The van der Waals surface area contributed by atoms with Gasteiger partial charge in [-0.25, -0.2) is 22.0 Å². The van der Waals surface area contributed by atoms with Crippen LogP contribution in [-0.4, -0.2) is 12.5 Å². The molecule has 2 aromatic rings. The summed E-state index contributed by atoms with van der Waals surface area (Å²) in [6.45, 7) is 2.19. The number of halogens is 5. The van der Waals surface area contributed by atoms with E-state index in [0.29, 0.717) is 29.0 Å². The van der Waals surface area contributed by atoms with Crippen LogP contribution in [0.25, 0.3) is 6.08 Å². The normalized spacial score (nSPS) is 15.0. The van der Waals surface area contributed by atoms with Crippen LogP contribution < -0.4 is 10.1 Å².